The predicted molar refractivity (Wildman–Crippen MR) is 120 cm³/mol. The van der Waals surface area contributed by atoms with Crippen molar-refractivity contribution in [3.05, 3.63) is 81.9 Å². The maximum absolute atomic E-state index is 12.8. The molecule has 0 saturated heterocycles. The van der Waals surface area contributed by atoms with Crippen molar-refractivity contribution in [1.82, 2.24) is 14.5 Å². The van der Waals surface area contributed by atoms with E-state index >= 15 is 0 Å². The van der Waals surface area contributed by atoms with Crippen LogP contribution in [-0.2, 0) is 17.9 Å². The van der Waals surface area contributed by atoms with E-state index in [4.69, 9.17) is 11.6 Å². The van der Waals surface area contributed by atoms with Crippen molar-refractivity contribution >= 4 is 50.0 Å². The number of thiazole rings is 1. The number of fused-ring (bicyclic) bond motifs is 1. The molecule has 1 N–H and O–H groups in total. The van der Waals surface area contributed by atoms with Gasteiger partial charge in [0.2, 0.25) is 5.91 Å². The Balaban J connectivity index is 1.51. The highest BCUT2D eigenvalue weighted by Crippen LogP contribution is 2.25. The summed E-state index contributed by atoms with van der Waals surface area (Å²) < 4.78 is 1.71. The van der Waals surface area contributed by atoms with Gasteiger partial charge in [-0.1, -0.05) is 53.3 Å². The number of aromatic nitrogens is 3. The second-order valence-electron chi connectivity index (χ2n) is 6.72. The zero-order chi connectivity index (χ0) is 21.1. The largest absolute Gasteiger partial charge is 0.347 e. The summed E-state index contributed by atoms with van der Waals surface area (Å²) in [5, 5.41) is 4.01. The van der Waals surface area contributed by atoms with Crippen molar-refractivity contribution in [1.29, 1.82) is 0 Å². The molecule has 0 bridgehead atoms. The highest BCUT2D eigenvalue weighted by molar-refractivity contribution is 7.22. The summed E-state index contributed by atoms with van der Waals surface area (Å²) in [5.41, 5.74) is 1.84. The third-order valence-electron chi connectivity index (χ3n) is 4.40. The first-order valence-corrected chi connectivity index (χ1v) is 10.4. The monoisotopic (exact) mass is 439 g/mol. The van der Waals surface area contributed by atoms with Gasteiger partial charge in [-0.3, -0.25) is 14.2 Å². The summed E-state index contributed by atoms with van der Waals surface area (Å²) in [5.74, 6) is -0.327. The molecule has 7 nitrogen and oxygen atoms in total. The lowest BCUT2D eigenvalue weighted by Gasteiger charge is -2.15. The van der Waals surface area contributed by atoms with Gasteiger partial charge in [-0.2, -0.15) is 4.98 Å². The minimum atomic E-state index is -0.327. The van der Waals surface area contributed by atoms with Gasteiger partial charge >= 0.3 is 0 Å². The molecule has 4 aromatic rings. The first-order chi connectivity index (χ1) is 14.5. The van der Waals surface area contributed by atoms with Crippen LogP contribution < -0.4 is 15.8 Å². The molecule has 0 aliphatic heterocycles. The molecule has 0 aliphatic carbocycles. The number of nitrogens with one attached hydrogen (secondary N) is 1. The number of hydrogen-bond acceptors (Lipinski definition) is 6. The third kappa shape index (κ3) is 4.50. The molecule has 9 heteroatoms. The maximum Gasteiger partial charge on any atom is 0.273 e. The van der Waals surface area contributed by atoms with Gasteiger partial charge in [0.15, 0.2) is 10.8 Å². The number of carbonyl (C=O) groups is 1. The number of carbonyl (C=O) groups excluding carboxylic acids is 1. The SMILES string of the molecule is CN(Cc1ccccc1)c1nc2ncn(CC(=O)Nc3ccc(Cl)cc3)c(=O)c2s1. The molecule has 0 radical (unpaired) electrons. The van der Waals surface area contributed by atoms with Crippen LogP contribution in [0, 0.1) is 0 Å². The molecule has 2 aromatic heterocycles. The first-order valence-electron chi connectivity index (χ1n) is 9.16. The van der Waals surface area contributed by atoms with E-state index < -0.39 is 0 Å². The van der Waals surface area contributed by atoms with E-state index in [2.05, 4.69) is 15.3 Å². The van der Waals surface area contributed by atoms with Crippen LogP contribution in [0.3, 0.4) is 0 Å². The fourth-order valence-electron chi connectivity index (χ4n) is 2.92. The number of halogens is 1. The summed E-state index contributed by atoms with van der Waals surface area (Å²) in [6.07, 6.45) is 1.35. The van der Waals surface area contributed by atoms with E-state index in [0.717, 1.165) is 5.56 Å². The van der Waals surface area contributed by atoms with Gasteiger partial charge in [-0.05, 0) is 29.8 Å². The Kier molecular flexibility index (Phi) is 5.78. The fraction of sp³-hybridized carbons (Fsp3) is 0.143. The van der Waals surface area contributed by atoms with Crippen molar-refractivity contribution in [3.63, 3.8) is 0 Å². The molecule has 0 spiro atoms. The Morgan fingerprint density at radius 3 is 2.63 bits per heavy atom. The average molecular weight is 440 g/mol. The minimum absolute atomic E-state index is 0.141. The Morgan fingerprint density at radius 2 is 1.90 bits per heavy atom. The van der Waals surface area contributed by atoms with Crippen LogP contribution in [0.2, 0.25) is 5.02 Å². The van der Waals surface area contributed by atoms with Crippen molar-refractivity contribution in [2.45, 2.75) is 13.1 Å². The molecule has 2 aromatic carbocycles. The summed E-state index contributed by atoms with van der Waals surface area (Å²) in [7, 11) is 1.92. The van der Waals surface area contributed by atoms with Gasteiger partial charge in [0.1, 0.15) is 17.6 Å². The Hall–Kier alpha value is -3.23. The maximum atomic E-state index is 12.8. The van der Waals surface area contributed by atoms with E-state index in [0.29, 0.717) is 32.7 Å². The highest BCUT2D eigenvalue weighted by Gasteiger charge is 2.15. The lowest BCUT2D eigenvalue weighted by molar-refractivity contribution is -0.116. The van der Waals surface area contributed by atoms with E-state index in [9.17, 15) is 9.59 Å². The molecular formula is C21H18ClN5O2S. The molecule has 0 aliphatic rings. The van der Waals surface area contributed by atoms with Gasteiger partial charge in [-0.15, -0.1) is 0 Å². The summed E-state index contributed by atoms with van der Waals surface area (Å²) in [6.45, 7) is 0.524. The standard InChI is InChI=1S/C21H18ClN5O2S/c1-26(11-14-5-3-2-4-6-14)21-25-19-18(30-21)20(29)27(13-23-19)12-17(28)24-16-9-7-15(22)8-10-16/h2-10,13H,11-12H2,1H3,(H,24,28). The minimum Gasteiger partial charge on any atom is -0.347 e. The highest BCUT2D eigenvalue weighted by atomic mass is 35.5. The van der Waals surface area contributed by atoms with Crippen LogP contribution in [-0.4, -0.2) is 27.5 Å². The van der Waals surface area contributed by atoms with Crippen LogP contribution in [0.15, 0.2) is 65.7 Å². The Bertz CT molecular complexity index is 1240. The normalized spacial score (nSPS) is 10.9. The van der Waals surface area contributed by atoms with Gasteiger partial charge in [-0.25, -0.2) is 4.98 Å². The molecule has 1 amide bonds. The molecule has 30 heavy (non-hydrogen) atoms. The van der Waals surface area contributed by atoms with Crippen molar-refractivity contribution < 1.29 is 4.79 Å². The van der Waals surface area contributed by atoms with Crippen LogP contribution >= 0.6 is 22.9 Å². The van der Waals surface area contributed by atoms with E-state index in [1.807, 2.05) is 42.3 Å². The van der Waals surface area contributed by atoms with Gasteiger partial charge in [0.25, 0.3) is 5.56 Å². The van der Waals surface area contributed by atoms with Crippen LogP contribution in [0.4, 0.5) is 10.8 Å². The van der Waals surface area contributed by atoms with Gasteiger partial charge in [0, 0.05) is 24.3 Å². The van der Waals surface area contributed by atoms with E-state index in [1.54, 1.807) is 24.3 Å². The summed E-state index contributed by atoms with van der Waals surface area (Å²) in [4.78, 5) is 35.9. The lowest BCUT2D eigenvalue weighted by Crippen LogP contribution is -2.27. The lowest BCUT2D eigenvalue weighted by atomic mass is 10.2. The van der Waals surface area contributed by atoms with Crippen LogP contribution in [0.25, 0.3) is 10.3 Å². The summed E-state index contributed by atoms with van der Waals surface area (Å²) >= 11 is 7.12. The number of hydrogen-bond donors (Lipinski definition) is 1. The zero-order valence-electron chi connectivity index (χ0n) is 16.1. The second-order valence-corrected chi connectivity index (χ2v) is 8.14. The fourth-order valence-corrected chi connectivity index (χ4v) is 3.98. The third-order valence-corrected chi connectivity index (χ3v) is 5.80. The number of benzene rings is 2. The Morgan fingerprint density at radius 1 is 1.17 bits per heavy atom. The second kappa shape index (κ2) is 8.64. The molecule has 152 valence electrons. The van der Waals surface area contributed by atoms with Crippen molar-refractivity contribution in [2.75, 3.05) is 17.3 Å². The molecule has 0 atom stereocenters. The quantitative estimate of drug-likeness (QED) is 0.494. The van der Waals surface area contributed by atoms with Crippen LogP contribution in [0.1, 0.15) is 5.56 Å². The van der Waals surface area contributed by atoms with Gasteiger partial charge in [0.05, 0.1) is 0 Å². The predicted octanol–water partition coefficient (Wildman–Crippen LogP) is 3.78. The number of anilines is 2. The molecule has 0 fully saturated rings. The van der Waals surface area contributed by atoms with Crippen molar-refractivity contribution in [2.24, 2.45) is 0 Å². The number of nitrogens with zero attached hydrogens (tertiary/aromatic N) is 4. The smallest absolute Gasteiger partial charge is 0.273 e. The Labute approximate surface area is 181 Å². The van der Waals surface area contributed by atoms with Gasteiger partial charge < -0.3 is 10.2 Å². The number of amides is 1. The average Bonchev–Trinajstić information content (AvgIpc) is 3.18. The molecular weight excluding hydrogens is 422 g/mol. The molecule has 0 saturated carbocycles. The number of rotatable bonds is 6. The topological polar surface area (TPSA) is 80.1 Å². The summed E-state index contributed by atoms with van der Waals surface area (Å²) in [6, 6.07) is 16.8. The first kappa shape index (κ1) is 20.1. The molecule has 2 heterocycles. The van der Waals surface area contributed by atoms with Crippen LogP contribution in [0.5, 0.6) is 0 Å². The van der Waals surface area contributed by atoms with E-state index in [-0.39, 0.29) is 18.0 Å². The van der Waals surface area contributed by atoms with Crippen molar-refractivity contribution in [3.8, 4) is 0 Å². The van der Waals surface area contributed by atoms with E-state index in [1.165, 1.54) is 22.2 Å². The molecule has 4 rings (SSSR count). The molecule has 0 unspecified atom stereocenters. The zero-order valence-corrected chi connectivity index (χ0v) is 17.7.